The molecule has 2 fully saturated rings. The number of carboxylic acids is 1. The van der Waals surface area contributed by atoms with Crippen molar-refractivity contribution >= 4 is 69.6 Å². The number of hydrogen-bond acceptors (Lipinski definition) is 24. The Balaban J connectivity index is 0.000000137. The molecule has 2 aliphatic rings. The van der Waals surface area contributed by atoms with Gasteiger partial charge in [0.2, 0.25) is 0 Å². The van der Waals surface area contributed by atoms with Crippen LogP contribution in [0.15, 0.2) is 147 Å². The standard InChI is InChI=1S/C19H23N7O2.C19H23N7O.C19H25N7O.C12H9N5O2/c20-17-16(15-4-1-2-5-21-15)18-23-12-14(13-26(18)24-17)19(27)22-6-3-7-25-8-10-28-11-9-25;1-25-10-4-5-14(25)7-9-22-19(27)13-11-23-18-16(15-6-2-3-8-21-15)17(20)24-26(18)12-13;1-4-25(5-2)11-10-24(3)19(27)14-12-22-18-16(15-8-6-7-9-21-15)17(20)23-26(18)13-14;13-10-9(8-3-1-2-4-14-8)11-15-5-7(12(18)19)6-17(11)16-10/h1-2,4-5,12-13H,3,6-11H2,(H2,20,24)(H,22,27);2-3,6,8,11-12,14H,4-5,7,9-10H2,1H3,(H2,20,24)(H,22,27);6-9,12-13H,4-5,10-11H2,1-3H3,(H2,20,23);1-6H,(H2,13,16)(H,18,19). The molecule has 3 amide bonds. The Morgan fingerprint density at radius 1 is 0.535 bits per heavy atom. The molecule has 12 aromatic rings. The Labute approximate surface area is 580 Å². The number of pyridine rings is 4. The first-order valence-electron chi connectivity index (χ1n) is 33.1. The first kappa shape index (κ1) is 70.3. The number of nitrogens with zero attached hydrogens (tertiary/aromatic N) is 20. The number of nitrogens with one attached hydrogen (secondary N) is 2. The number of aromatic carboxylic acids is 1. The van der Waals surface area contributed by atoms with Crippen molar-refractivity contribution < 1.29 is 29.0 Å². The van der Waals surface area contributed by atoms with E-state index < -0.39 is 5.97 Å². The molecule has 14 heterocycles. The number of likely N-dealkylation sites (tertiary alicyclic amines) is 1. The minimum atomic E-state index is -1.07. The van der Waals surface area contributed by atoms with E-state index in [1.165, 1.54) is 34.3 Å². The van der Waals surface area contributed by atoms with E-state index in [0.29, 0.717) is 127 Å². The molecule has 101 heavy (non-hydrogen) atoms. The highest BCUT2D eigenvalue weighted by molar-refractivity contribution is 5.96. The molecule has 32 heteroatoms. The maximum absolute atomic E-state index is 12.7. The van der Waals surface area contributed by atoms with Gasteiger partial charge in [0, 0.05) is 127 Å². The smallest absolute Gasteiger partial charge is 0.338 e. The summed E-state index contributed by atoms with van der Waals surface area (Å²) in [5.74, 6) is -0.233. The maximum Gasteiger partial charge on any atom is 0.338 e. The van der Waals surface area contributed by atoms with Crippen LogP contribution in [0.2, 0.25) is 0 Å². The van der Waals surface area contributed by atoms with E-state index in [2.05, 4.69) is 106 Å². The van der Waals surface area contributed by atoms with Crippen molar-refractivity contribution in [3.05, 3.63) is 169 Å². The molecule has 0 radical (unpaired) electrons. The first-order valence-corrected chi connectivity index (χ1v) is 33.1. The van der Waals surface area contributed by atoms with Gasteiger partial charge in [-0.15, -0.1) is 20.4 Å². The molecular weight excluding hydrogens is 1290 g/mol. The largest absolute Gasteiger partial charge is 0.478 e. The lowest BCUT2D eigenvalue weighted by Gasteiger charge is -2.26. The van der Waals surface area contributed by atoms with Crippen LogP contribution in [-0.2, 0) is 4.74 Å². The summed E-state index contributed by atoms with van der Waals surface area (Å²) in [6, 6.07) is 22.7. The monoisotopic (exact) mass is 1370 g/mol. The average molecular weight is 1370 g/mol. The number of rotatable bonds is 20. The van der Waals surface area contributed by atoms with Gasteiger partial charge in [0.1, 0.15) is 0 Å². The van der Waals surface area contributed by atoms with Gasteiger partial charge in [0.15, 0.2) is 45.9 Å². The lowest BCUT2D eigenvalue weighted by Crippen LogP contribution is -2.38. The van der Waals surface area contributed by atoms with Gasteiger partial charge in [-0.3, -0.25) is 39.2 Å². The lowest BCUT2D eigenvalue weighted by atomic mass is 10.1. The van der Waals surface area contributed by atoms with Crippen molar-refractivity contribution in [1.29, 1.82) is 0 Å². The summed E-state index contributed by atoms with van der Waals surface area (Å²) in [4.78, 5) is 91.7. The fourth-order valence-corrected chi connectivity index (χ4v) is 11.7. The number of hydrogen-bond donors (Lipinski definition) is 7. The fourth-order valence-electron chi connectivity index (χ4n) is 11.7. The number of carbonyl (C=O) groups excluding carboxylic acids is 3. The number of likely N-dealkylation sites (N-methyl/N-ethyl adjacent to an activating group) is 2. The van der Waals surface area contributed by atoms with Crippen molar-refractivity contribution in [2.75, 3.05) is 116 Å². The molecule has 14 rings (SSSR count). The summed E-state index contributed by atoms with van der Waals surface area (Å²) in [7, 11) is 3.94. The summed E-state index contributed by atoms with van der Waals surface area (Å²) in [6.07, 6.45) is 23.3. The zero-order chi connectivity index (χ0) is 70.9. The second kappa shape index (κ2) is 33.0. The van der Waals surface area contributed by atoms with Crippen LogP contribution in [0.5, 0.6) is 0 Å². The topological polar surface area (TPSA) is 411 Å². The predicted octanol–water partition coefficient (Wildman–Crippen LogP) is 5.27. The zero-order valence-corrected chi connectivity index (χ0v) is 56.5. The number of ether oxygens (including phenoxy) is 1. The van der Waals surface area contributed by atoms with Gasteiger partial charge in [-0.1, -0.05) is 38.1 Å². The second-order valence-electron chi connectivity index (χ2n) is 23.8. The molecule has 0 aliphatic carbocycles. The molecule has 12 aromatic heterocycles. The Hall–Kier alpha value is -12.0. The molecule has 32 nitrogen and oxygen atoms in total. The van der Waals surface area contributed by atoms with Crippen molar-refractivity contribution in [2.45, 2.75) is 45.6 Å². The highest BCUT2D eigenvalue weighted by Gasteiger charge is 2.24. The number of anilines is 4. The van der Waals surface area contributed by atoms with E-state index in [9.17, 15) is 19.2 Å². The van der Waals surface area contributed by atoms with Gasteiger partial charge in [0.05, 0.1) is 80.5 Å². The number of nitrogen functional groups attached to an aromatic ring is 4. The minimum absolute atomic E-state index is 0.0440. The molecular formula is C69H80N26O6. The Bertz CT molecular complexity index is 4790. The predicted molar refractivity (Wildman–Crippen MR) is 381 cm³/mol. The SMILES string of the molecule is CCN(CC)CCN(C)C(=O)c1cnc2c(-c3ccccn3)c(N)nn2c1.CN1CCCC1CCNC(=O)c1cnc2c(-c3ccccn3)c(N)nn2c1.Nc1nn2cc(C(=O)NCCCN3CCOCC3)cnc2c1-c1ccccn1.Nc1nn2cc(C(=O)O)cnc2c1-c1ccccn1. The molecule has 0 bridgehead atoms. The lowest BCUT2D eigenvalue weighted by molar-refractivity contribution is 0.0374. The molecule has 2 aliphatic heterocycles. The van der Waals surface area contributed by atoms with Crippen molar-refractivity contribution in [1.82, 2.24) is 109 Å². The molecule has 0 aromatic carbocycles. The van der Waals surface area contributed by atoms with Crippen molar-refractivity contribution in [2.24, 2.45) is 0 Å². The van der Waals surface area contributed by atoms with Crippen LogP contribution in [0, 0.1) is 0 Å². The van der Waals surface area contributed by atoms with E-state index in [0.717, 1.165) is 71.9 Å². The van der Waals surface area contributed by atoms with Crippen molar-refractivity contribution in [3.63, 3.8) is 0 Å². The summed E-state index contributed by atoms with van der Waals surface area (Å²) < 4.78 is 11.3. The van der Waals surface area contributed by atoms with E-state index in [1.54, 1.807) is 95.1 Å². The van der Waals surface area contributed by atoms with Crippen LogP contribution in [0.3, 0.4) is 0 Å². The van der Waals surface area contributed by atoms with Gasteiger partial charge in [0.25, 0.3) is 17.7 Å². The van der Waals surface area contributed by atoms with Crippen LogP contribution in [0.25, 0.3) is 67.6 Å². The van der Waals surface area contributed by atoms with Crippen LogP contribution in [0.1, 0.15) is 81.0 Å². The van der Waals surface area contributed by atoms with Gasteiger partial charge in [-0.05, 0) is 107 Å². The zero-order valence-electron chi connectivity index (χ0n) is 56.5. The molecule has 1 unspecified atom stereocenters. The molecule has 522 valence electrons. The van der Waals surface area contributed by atoms with Crippen LogP contribution < -0.4 is 33.6 Å². The Kier molecular flexibility index (Phi) is 23.0. The van der Waals surface area contributed by atoms with E-state index in [1.807, 2.05) is 60.7 Å². The molecule has 0 saturated carbocycles. The summed E-state index contributed by atoms with van der Waals surface area (Å²) >= 11 is 0. The van der Waals surface area contributed by atoms with Gasteiger partial charge < -0.3 is 58.1 Å². The number of nitrogens with two attached hydrogens (primary N) is 4. The maximum atomic E-state index is 12.7. The van der Waals surface area contributed by atoms with Gasteiger partial charge in [-0.2, -0.15) is 0 Å². The number of amides is 3. The minimum Gasteiger partial charge on any atom is -0.478 e. The average Bonchev–Trinajstić information content (AvgIpc) is 1.67. The van der Waals surface area contributed by atoms with Gasteiger partial charge in [-0.25, -0.2) is 42.8 Å². The summed E-state index contributed by atoms with van der Waals surface area (Å²) in [5, 5.41) is 31.8. The third-order valence-electron chi connectivity index (χ3n) is 17.2. The normalized spacial score (nSPS) is 13.9. The highest BCUT2D eigenvalue weighted by atomic mass is 16.5. The third kappa shape index (κ3) is 16.9. The number of fused-ring (bicyclic) bond motifs is 4. The molecule has 11 N–H and O–H groups in total. The van der Waals surface area contributed by atoms with Crippen LogP contribution >= 0.6 is 0 Å². The third-order valence-corrected chi connectivity index (χ3v) is 17.2. The second-order valence-corrected chi connectivity index (χ2v) is 23.8. The van der Waals surface area contributed by atoms with E-state index in [4.69, 9.17) is 32.8 Å². The van der Waals surface area contributed by atoms with Gasteiger partial charge >= 0.3 is 5.97 Å². The van der Waals surface area contributed by atoms with E-state index in [-0.39, 0.29) is 29.1 Å². The Morgan fingerprint density at radius 3 is 1.32 bits per heavy atom. The van der Waals surface area contributed by atoms with Crippen molar-refractivity contribution in [3.8, 4) is 45.0 Å². The summed E-state index contributed by atoms with van der Waals surface area (Å²) in [6.45, 7) is 14.5. The molecule has 0 spiro atoms. The highest BCUT2D eigenvalue weighted by Crippen LogP contribution is 2.31. The first-order chi connectivity index (χ1) is 49.1. The molecule has 2 saturated heterocycles. The number of carboxylic acid groups (broad SMARTS) is 1. The Morgan fingerprint density at radius 2 is 0.931 bits per heavy atom. The quantitative estimate of drug-likeness (QED) is 0.0478. The number of carbonyl (C=O) groups is 4. The molecule has 1 atom stereocenters. The van der Waals surface area contributed by atoms with Crippen LogP contribution in [0.4, 0.5) is 23.3 Å². The summed E-state index contributed by atoms with van der Waals surface area (Å²) in [5.41, 5.74) is 33.0. The number of morpholine rings is 1. The fraction of sp³-hybridized carbons (Fsp3) is 0.304. The van der Waals surface area contributed by atoms with Crippen LogP contribution in [-0.4, -0.2) is 226 Å². The number of aromatic nitrogens is 16. The van der Waals surface area contributed by atoms with E-state index >= 15 is 0 Å².